The standard InChI is InChI=1S/C19H41N2O4P/c1-9-10-11-20(26(23)25-15-17(2,3)14-22)16-12-18(4,5)21(24-8)19(6,7)13-16/h16,22-23H,9-15H2,1-8H3. The first kappa shape index (κ1) is 24.2. The van der Waals surface area contributed by atoms with Crippen LogP contribution in [0.2, 0.25) is 0 Å². The molecule has 0 aromatic heterocycles. The maximum atomic E-state index is 10.9. The monoisotopic (exact) mass is 392 g/mol. The van der Waals surface area contributed by atoms with Gasteiger partial charge in [-0.25, -0.2) is 4.67 Å². The number of aliphatic hydroxyl groups is 1. The van der Waals surface area contributed by atoms with E-state index >= 15 is 0 Å². The zero-order valence-electron chi connectivity index (χ0n) is 18.1. The zero-order valence-corrected chi connectivity index (χ0v) is 19.0. The van der Waals surface area contributed by atoms with E-state index in [1.54, 1.807) is 7.11 Å². The number of rotatable bonds is 10. The van der Waals surface area contributed by atoms with Gasteiger partial charge in [-0.15, -0.1) is 0 Å². The molecule has 1 rings (SSSR count). The SMILES string of the molecule is CCCCN(C1CC(C)(C)N(OC)C(C)(C)C1)P(O)OCC(C)(C)CO. The van der Waals surface area contributed by atoms with Crippen LogP contribution in [0.5, 0.6) is 0 Å². The molecular weight excluding hydrogens is 351 g/mol. The Morgan fingerprint density at radius 1 is 1.19 bits per heavy atom. The molecule has 1 aliphatic heterocycles. The molecule has 0 spiro atoms. The Balaban J connectivity index is 2.94. The lowest BCUT2D eigenvalue weighted by Crippen LogP contribution is -2.63. The summed E-state index contributed by atoms with van der Waals surface area (Å²) >= 11 is 0. The highest BCUT2D eigenvalue weighted by Gasteiger charge is 2.48. The van der Waals surface area contributed by atoms with Crippen LogP contribution in [0.25, 0.3) is 0 Å². The van der Waals surface area contributed by atoms with Gasteiger partial charge in [-0.05, 0) is 47.0 Å². The van der Waals surface area contributed by atoms with E-state index in [9.17, 15) is 10.00 Å². The lowest BCUT2D eigenvalue weighted by Gasteiger charge is -2.55. The summed E-state index contributed by atoms with van der Waals surface area (Å²) in [6, 6.07) is 0.228. The molecule has 1 heterocycles. The fraction of sp³-hybridized carbons (Fsp3) is 1.00. The summed E-state index contributed by atoms with van der Waals surface area (Å²) in [7, 11) is 0.0468. The van der Waals surface area contributed by atoms with E-state index in [0.717, 1.165) is 32.2 Å². The van der Waals surface area contributed by atoms with Gasteiger partial charge in [0.15, 0.2) is 0 Å². The molecular formula is C19H41N2O4P. The number of hydrogen-bond acceptors (Lipinski definition) is 6. The molecule has 26 heavy (non-hydrogen) atoms. The Labute approximate surface area is 161 Å². The molecule has 0 aliphatic carbocycles. The molecule has 0 amide bonds. The molecule has 7 heteroatoms. The average molecular weight is 393 g/mol. The van der Waals surface area contributed by atoms with Crippen LogP contribution in [0.15, 0.2) is 0 Å². The summed E-state index contributed by atoms with van der Waals surface area (Å²) < 4.78 is 8.00. The van der Waals surface area contributed by atoms with Crippen LogP contribution in [-0.4, -0.2) is 63.7 Å². The zero-order chi connectivity index (χ0) is 20.2. The number of aliphatic hydroxyl groups excluding tert-OH is 1. The lowest BCUT2D eigenvalue weighted by molar-refractivity contribution is -0.270. The molecule has 1 aliphatic rings. The second-order valence-electron chi connectivity index (χ2n) is 9.53. The van der Waals surface area contributed by atoms with Gasteiger partial charge in [0.2, 0.25) is 0 Å². The van der Waals surface area contributed by atoms with Gasteiger partial charge >= 0.3 is 0 Å². The molecule has 0 radical (unpaired) electrons. The number of piperidine rings is 1. The molecule has 1 saturated heterocycles. The van der Waals surface area contributed by atoms with Crippen molar-refractivity contribution in [1.82, 2.24) is 9.73 Å². The maximum Gasteiger partial charge on any atom is 0.256 e. The molecule has 1 fully saturated rings. The van der Waals surface area contributed by atoms with Crippen LogP contribution in [0.1, 0.15) is 74.1 Å². The van der Waals surface area contributed by atoms with Gasteiger partial charge < -0.3 is 19.4 Å². The Morgan fingerprint density at radius 2 is 1.73 bits per heavy atom. The van der Waals surface area contributed by atoms with Crippen LogP contribution < -0.4 is 0 Å². The van der Waals surface area contributed by atoms with Crippen LogP contribution in [-0.2, 0) is 9.36 Å². The lowest BCUT2D eigenvalue weighted by atomic mass is 9.79. The summed E-state index contributed by atoms with van der Waals surface area (Å²) in [5.41, 5.74) is -0.615. The van der Waals surface area contributed by atoms with Crippen molar-refractivity contribution in [3.05, 3.63) is 0 Å². The Kier molecular flexibility index (Phi) is 8.94. The molecule has 1 unspecified atom stereocenters. The first-order valence-corrected chi connectivity index (χ1v) is 10.9. The summed E-state index contributed by atoms with van der Waals surface area (Å²) in [6.45, 7) is 16.0. The van der Waals surface area contributed by atoms with Crippen LogP contribution in [0, 0.1) is 5.41 Å². The molecule has 0 saturated carbocycles. The van der Waals surface area contributed by atoms with Crippen molar-refractivity contribution >= 4 is 8.53 Å². The number of hydrogen-bond donors (Lipinski definition) is 2. The summed E-state index contributed by atoms with van der Waals surface area (Å²) in [5, 5.41) is 11.5. The van der Waals surface area contributed by atoms with Gasteiger partial charge in [0.1, 0.15) is 0 Å². The summed E-state index contributed by atoms with van der Waals surface area (Å²) in [4.78, 5) is 16.5. The van der Waals surface area contributed by atoms with Crippen LogP contribution in [0.3, 0.4) is 0 Å². The second kappa shape index (κ2) is 9.60. The topological polar surface area (TPSA) is 65.4 Å². The molecule has 6 nitrogen and oxygen atoms in total. The summed E-state index contributed by atoms with van der Waals surface area (Å²) in [6.07, 6.45) is 3.91. The summed E-state index contributed by atoms with van der Waals surface area (Å²) in [5.74, 6) is 0. The van der Waals surface area contributed by atoms with Crippen molar-refractivity contribution in [1.29, 1.82) is 0 Å². The van der Waals surface area contributed by atoms with E-state index in [-0.39, 0.29) is 29.1 Å². The van der Waals surface area contributed by atoms with Crippen LogP contribution in [0.4, 0.5) is 0 Å². The minimum atomic E-state index is -1.69. The predicted octanol–water partition coefficient (Wildman–Crippen LogP) is 3.93. The van der Waals surface area contributed by atoms with Gasteiger partial charge in [-0.2, -0.15) is 5.06 Å². The predicted molar refractivity (Wildman–Crippen MR) is 108 cm³/mol. The van der Waals surface area contributed by atoms with Crippen molar-refractivity contribution in [2.24, 2.45) is 5.41 Å². The molecule has 2 N–H and O–H groups in total. The van der Waals surface area contributed by atoms with E-state index < -0.39 is 8.53 Å². The quantitative estimate of drug-likeness (QED) is 0.549. The van der Waals surface area contributed by atoms with E-state index in [1.165, 1.54) is 0 Å². The fourth-order valence-electron chi connectivity index (χ4n) is 4.00. The normalized spacial score (nSPS) is 22.7. The molecule has 156 valence electrons. The fourth-order valence-corrected chi connectivity index (χ4v) is 5.36. The minimum Gasteiger partial charge on any atom is -0.396 e. The van der Waals surface area contributed by atoms with E-state index in [1.807, 2.05) is 13.8 Å². The first-order chi connectivity index (χ1) is 11.9. The highest BCUT2D eigenvalue weighted by atomic mass is 31.2. The van der Waals surface area contributed by atoms with Crippen molar-refractivity contribution < 1.29 is 19.4 Å². The third kappa shape index (κ3) is 6.37. The van der Waals surface area contributed by atoms with Gasteiger partial charge in [-0.1, -0.05) is 27.2 Å². The Hall–Kier alpha value is 0.190. The molecule has 0 aromatic carbocycles. The first-order valence-electron chi connectivity index (χ1n) is 9.74. The van der Waals surface area contributed by atoms with E-state index in [2.05, 4.69) is 44.4 Å². The second-order valence-corrected chi connectivity index (χ2v) is 10.8. The van der Waals surface area contributed by atoms with E-state index in [0.29, 0.717) is 6.61 Å². The van der Waals surface area contributed by atoms with Gasteiger partial charge in [0.25, 0.3) is 8.53 Å². The van der Waals surface area contributed by atoms with Gasteiger partial charge in [0.05, 0.1) is 20.3 Å². The maximum absolute atomic E-state index is 10.9. The highest BCUT2D eigenvalue weighted by Crippen LogP contribution is 2.48. The van der Waals surface area contributed by atoms with Crippen LogP contribution >= 0.6 is 8.53 Å². The molecule has 0 bridgehead atoms. The molecule has 1 atom stereocenters. The van der Waals surface area contributed by atoms with Crippen molar-refractivity contribution in [3.8, 4) is 0 Å². The Morgan fingerprint density at radius 3 is 2.15 bits per heavy atom. The largest absolute Gasteiger partial charge is 0.396 e. The highest BCUT2D eigenvalue weighted by molar-refractivity contribution is 7.43. The van der Waals surface area contributed by atoms with Gasteiger partial charge in [0, 0.05) is 29.1 Å². The number of nitrogens with zero attached hydrogens (tertiary/aromatic N) is 2. The number of hydroxylamine groups is 2. The van der Waals surface area contributed by atoms with Crippen molar-refractivity contribution in [2.75, 3.05) is 26.9 Å². The van der Waals surface area contributed by atoms with Gasteiger partial charge in [-0.3, -0.25) is 0 Å². The average Bonchev–Trinajstić information content (AvgIpc) is 2.51. The van der Waals surface area contributed by atoms with E-state index in [4.69, 9.17) is 9.36 Å². The minimum absolute atomic E-state index is 0.0391. The third-order valence-corrected chi connectivity index (χ3v) is 6.46. The van der Waals surface area contributed by atoms with Crippen molar-refractivity contribution in [2.45, 2.75) is 91.3 Å². The van der Waals surface area contributed by atoms with Crippen molar-refractivity contribution in [3.63, 3.8) is 0 Å². The Bertz CT molecular complexity index is 414. The third-order valence-electron chi connectivity index (χ3n) is 5.13. The molecule has 0 aromatic rings. The smallest absolute Gasteiger partial charge is 0.256 e. The number of unbranched alkanes of at least 4 members (excludes halogenated alkanes) is 1.